The second-order valence-electron chi connectivity index (χ2n) is 6.96. The number of aromatic nitrogens is 1. The molecule has 0 N–H and O–H groups in total. The largest absolute Gasteiger partial charge is 0.491 e. The van der Waals surface area contributed by atoms with E-state index in [0.29, 0.717) is 17.6 Å². The molecule has 0 saturated carbocycles. The van der Waals surface area contributed by atoms with Gasteiger partial charge in [-0.2, -0.15) is 0 Å². The van der Waals surface area contributed by atoms with Crippen LogP contribution in [0.15, 0.2) is 65.6 Å². The Bertz CT molecular complexity index is 1010. The average molecular weight is 379 g/mol. The van der Waals surface area contributed by atoms with Crippen LogP contribution in [0.25, 0.3) is 10.8 Å². The molecule has 1 aromatic heterocycles. The molecule has 3 aromatic rings. The Kier molecular flexibility index (Phi) is 6.14. The Labute approximate surface area is 164 Å². The Balaban J connectivity index is 1.84. The summed E-state index contributed by atoms with van der Waals surface area (Å²) < 4.78 is 12.6. The Morgan fingerprint density at radius 2 is 1.82 bits per heavy atom. The van der Waals surface area contributed by atoms with Crippen LogP contribution in [0.3, 0.4) is 0 Å². The summed E-state index contributed by atoms with van der Waals surface area (Å²) in [7, 11) is 0. The molecule has 1 atom stereocenters. The van der Waals surface area contributed by atoms with Crippen molar-refractivity contribution < 1.29 is 14.3 Å². The second-order valence-corrected chi connectivity index (χ2v) is 6.96. The minimum absolute atomic E-state index is 0.0571. The van der Waals surface area contributed by atoms with E-state index in [1.54, 1.807) is 18.3 Å². The van der Waals surface area contributed by atoms with E-state index in [2.05, 4.69) is 0 Å². The van der Waals surface area contributed by atoms with E-state index in [0.717, 1.165) is 10.9 Å². The van der Waals surface area contributed by atoms with Gasteiger partial charge in [-0.1, -0.05) is 37.3 Å². The van der Waals surface area contributed by atoms with Gasteiger partial charge in [0.2, 0.25) is 0 Å². The first-order valence-corrected chi connectivity index (χ1v) is 9.51. The van der Waals surface area contributed by atoms with Crippen molar-refractivity contribution in [3.05, 3.63) is 76.7 Å². The standard InChI is InChI=1S/C23H25NO4/c1-4-21(23(26)27-15-17-8-6-5-7-9-17)24-13-12-18-14-19(28-16(2)3)10-11-20(18)22(24)25/h5-14,16,21H,4,15H2,1-3H3. The van der Waals surface area contributed by atoms with Crippen molar-refractivity contribution in [2.24, 2.45) is 0 Å². The molecule has 3 rings (SSSR count). The lowest BCUT2D eigenvalue weighted by Gasteiger charge is -2.18. The van der Waals surface area contributed by atoms with Gasteiger partial charge in [-0.3, -0.25) is 4.79 Å². The monoisotopic (exact) mass is 379 g/mol. The zero-order valence-electron chi connectivity index (χ0n) is 16.4. The van der Waals surface area contributed by atoms with Crippen LogP contribution in [0.4, 0.5) is 0 Å². The first-order chi connectivity index (χ1) is 13.5. The summed E-state index contributed by atoms with van der Waals surface area (Å²) in [6.07, 6.45) is 2.18. The fourth-order valence-corrected chi connectivity index (χ4v) is 3.13. The number of rotatable bonds is 7. The zero-order valence-corrected chi connectivity index (χ0v) is 16.4. The van der Waals surface area contributed by atoms with Gasteiger partial charge in [-0.25, -0.2) is 4.79 Å². The third-order valence-electron chi connectivity index (χ3n) is 4.49. The number of carbonyl (C=O) groups is 1. The smallest absolute Gasteiger partial charge is 0.329 e. The highest BCUT2D eigenvalue weighted by Crippen LogP contribution is 2.21. The van der Waals surface area contributed by atoms with Crippen molar-refractivity contribution in [1.82, 2.24) is 4.57 Å². The molecule has 0 saturated heterocycles. The highest BCUT2D eigenvalue weighted by atomic mass is 16.5. The van der Waals surface area contributed by atoms with E-state index in [4.69, 9.17) is 9.47 Å². The highest BCUT2D eigenvalue weighted by molar-refractivity contribution is 5.83. The molecule has 1 heterocycles. The average Bonchev–Trinajstić information content (AvgIpc) is 2.69. The summed E-state index contributed by atoms with van der Waals surface area (Å²) in [6, 6.07) is 16.0. The van der Waals surface area contributed by atoms with Gasteiger partial charge in [0.25, 0.3) is 5.56 Å². The Hall–Kier alpha value is -3.08. The van der Waals surface area contributed by atoms with Gasteiger partial charge < -0.3 is 14.0 Å². The summed E-state index contributed by atoms with van der Waals surface area (Å²) >= 11 is 0. The van der Waals surface area contributed by atoms with Gasteiger partial charge in [-0.15, -0.1) is 0 Å². The van der Waals surface area contributed by atoms with E-state index in [1.807, 2.05) is 63.2 Å². The van der Waals surface area contributed by atoms with E-state index < -0.39 is 12.0 Å². The van der Waals surface area contributed by atoms with Crippen LogP contribution in [0.2, 0.25) is 0 Å². The summed E-state index contributed by atoms with van der Waals surface area (Å²) in [5.74, 6) is 0.307. The molecule has 0 fully saturated rings. The van der Waals surface area contributed by atoms with Crippen LogP contribution in [0.5, 0.6) is 5.75 Å². The number of ether oxygens (including phenoxy) is 2. The number of hydrogen-bond acceptors (Lipinski definition) is 4. The first-order valence-electron chi connectivity index (χ1n) is 9.51. The predicted octanol–water partition coefficient (Wildman–Crippen LogP) is 4.48. The lowest BCUT2D eigenvalue weighted by atomic mass is 10.1. The van der Waals surface area contributed by atoms with E-state index in [9.17, 15) is 9.59 Å². The minimum atomic E-state index is -0.660. The Morgan fingerprint density at radius 1 is 1.07 bits per heavy atom. The number of esters is 1. The molecular weight excluding hydrogens is 354 g/mol. The van der Waals surface area contributed by atoms with Gasteiger partial charge in [0.05, 0.1) is 6.10 Å². The fraction of sp³-hybridized carbons (Fsp3) is 0.304. The van der Waals surface area contributed by atoms with Crippen LogP contribution >= 0.6 is 0 Å². The molecule has 0 aliphatic rings. The molecule has 0 amide bonds. The van der Waals surface area contributed by atoms with Crippen LogP contribution in [0.1, 0.15) is 38.8 Å². The quantitative estimate of drug-likeness (QED) is 0.568. The van der Waals surface area contributed by atoms with Gasteiger partial charge in [-0.05, 0) is 55.5 Å². The van der Waals surface area contributed by atoms with Crippen LogP contribution in [0, 0.1) is 0 Å². The molecule has 5 nitrogen and oxygen atoms in total. The number of carbonyl (C=O) groups excluding carboxylic acids is 1. The third kappa shape index (κ3) is 4.42. The summed E-state index contributed by atoms with van der Waals surface area (Å²) in [5, 5.41) is 1.33. The van der Waals surface area contributed by atoms with Gasteiger partial charge in [0, 0.05) is 11.6 Å². The second kappa shape index (κ2) is 8.74. The molecular formula is C23H25NO4. The third-order valence-corrected chi connectivity index (χ3v) is 4.49. The highest BCUT2D eigenvalue weighted by Gasteiger charge is 2.22. The lowest BCUT2D eigenvalue weighted by Crippen LogP contribution is -2.30. The van der Waals surface area contributed by atoms with E-state index in [1.165, 1.54) is 4.57 Å². The maximum absolute atomic E-state index is 13.0. The maximum atomic E-state index is 13.0. The molecule has 0 radical (unpaired) electrons. The summed E-state index contributed by atoms with van der Waals surface area (Å²) in [4.78, 5) is 25.6. The Morgan fingerprint density at radius 3 is 2.50 bits per heavy atom. The number of pyridine rings is 1. The first kappa shape index (κ1) is 19.7. The van der Waals surface area contributed by atoms with Crippen molar-refractivity contribution in [1.29, 1.82) is 0 Å². The molecule has 28 heavy (non-hydrogen) atoms. The molecule has 0 bridgehead atoms. The number of fused-ring (bicyclic) bond motifs is 1. The van der Waals surface area contributed by atoms with Crippen molar-refractivity contribution in [2.75, 3.05) is 0 Å². The van der Waals surface area contributed by atoms with Crippen molar-refractivity contribution in [3.8, 4) is 5.75 Å². The number of benzene rings is 2. The molecule has 146 valence electrons. The van der Waals surface area contributed by atoms with Gasteiger partial charge >= 0.3 is 5.97 Å². The maximum Gasteiger partial charge on any atom is 0.329 e. The van der Waals surface area contributed by atoms with Crippen LogP contribution in [-0.2, 0) is 16.1 Å². The van der Waals surface area contributed by atoms with Crippen molar-refractivity contribution in [2.45, 2.75) is 45.9 Å². The minimum Gasteiger partial charge on any atom is -0.491 e. The van der Waals surface area contributed by atoms with Crippen LogP contribution < -0.4 is 10.3 Å². The summed E-state index contributed by atoms with van der Waals surface area (Å²) in [5.41, 5.74) is 0.700. The van der Waals surface area contributed by atoms with E-state index in [-0.39, 0.29) is 18.3 Å². The zero-order chi connectivity index (χ0) is 20.1. The van der Waals surface area contributed by atoms with Crippen molar-refractivity contribution in [3.63, 3.8) is 0 Å². The molecule has 0 spiro atoms. The molecule has 0 aliphatic carbocycles. The van der Waals surface area contributed by atoms with Gasteiger partial charge in [0.15, 0.2) is 0 Å². The molecule has 1 unspecified atom stereocenters. The number of nitrogens with zero attached hydrogens (tertiary/aromatic N) is 1. The lowest BCUT2D eigenvalue weighted by molar-refractivity contribution is -0.149. The topological polar surface area (TPSA) is 57.5 Å². The number of hydrogen-bond donors (Lipinski definition) is 0. The van der Waals surface area contributed by atoms with Crippen LogP contribution in [-0.4, -0.2) is 16.6 Å². The van der Waals surface area contributed by atoms with E-state index >= 15 is 0 Å². The normalized spacial score (nSPS) is 12.1. The molecule has 0 aliphatic heterocycles. The fourth-order valence-electron chi connectivity index (χ4n) is 3.13. The SMILES string of the molecule is CCC(C(=O)OCc1ccccc1)n1ccc2cc(OC(C)C)ccc2c1=O. The van der Waals surface area contributed by atoms with Crippen molar-refractivity contribution >= 4 is 16.7 Å². The predicted molar refractivity (Wildman–Crippen MR) is 110 cm³/mol. The molecule has 5 heteroatoms. The van der Waals surface area contributed by atoms with Gasteiger partial charge in [0.1, 0.15) is 18.4 Å². The summed E-state index contributed by atoms with van der Waals surface area (Å²) in [6.45, 7) is 5.96. The molecule has 2 aromatic carbocycles.